The maximum atomic E-state index is 13.0. The first-order chi connectivity index (χ1) is 42.2. The fraction of sp³-hybridized carbons (Fsp3) is 0.884. The van der Waals surface area contributed by atoms with E-state index in [0.29, 0.717) is 37.5 Å². The Bertz CT molecular complexity index is 1830. The van der Waals surface area contributed by atoms with Crippen LogP contribution in [0.15, 0.2) is 24.3 Å². The summed E-state index contributed by atoms with van der Waals surface area (Å²) in [6.45, 7) is 11.6. The summed E-state index contributed by atoms with van der Waals surface area (Å²) in [4.78, 5) is 72.4. The molecule has 518 valence electrons. The lowest BCUT2D eigenvalue weighted by molar-refractivity contribution is -0.161. The fourth-order valence-corrected chi connectivity index (χ4v) is 11.4. The molecule has 0 amide bonds. The molecule has 0 radical (unpaired) electrons. The number of rotatable bonds is 65. The lowest BCUT2D eigenvalue weighted by Gasteiger charge is -2.21. The second kappa shape index (κ2) is 59.5. The number of carbonyl (C=O) groups excluding carboxylic acids is 4. The first-order valence-corrected chi connectivity index (χ1v) is 38.2. The minimum absolute atomic E-state index is 0.0834. The number of aliphatic hydroxyl groups excluding tert-OH is 1. The lowest BCUT2D eigenvalue weighted by Crippen LogP contribution is -2.30. The predicted molar refractivity (Wildman–Crippen MR) is 354 cm³/mol. The minimum atomic E-state index is -4.96. The number of carbonyl (C=O) groups is 4. The normalized spacial score (nSPS) is 14.4. The van der Waals surface area contributed by atoms with Crippen LogP contribution >= 0.6 is 15.6 Å². The van der Waals surface area contributed by atoms with Crippen LogP contribution in [0, 0.1) is 17.8 Å². The van der Waals surface area contributed by atoms with Crippen LogP contribution in [-0.4, -0.2) is 96.7 Å². The summed E-state index contributed by atoms with van der Waals surface area (Å²) in [5.74, 6) is -0.0128. The van der Waals surface area contributed by atoms with Crippen LogP contribution in [-0.2, 0) is 65.4 Å². The van der Waals surface area contributed by atoms with Gasteiger partial charge in [-0.15, -0.1) is 0 Å². The van der Waals surface area contributed by atoms with Crippen molar-refractivity contribution in [1.82, 2.24) is 0 Å². The van der Waals surface area contributed by atoms with Crippen molar-refractivity contribution in [3.63, 3.8) is 0 Å². The predicted octanol–water partition coefficient (Wildman–Crippen LogP) is 19.0. The zero-order valence-electron chi connectivity index (χ0n) is 56.7. The maximum Gasteiger partial charge on any atom is 0.472 e. The van der Waals surface area contributed by atoms with Crippen molar-refractivity contribution in [3.8, 4) is 0 Å². The van der Waals surface area contributed by atoms with Gasteiger partial charge < -0.3 is 33.8 Å². The van der Waals surface area contributed by atoms with Gasteiger partial charge in [0.2, 0.25) is 0 Å². The standard InChI is InChI=1S/C69H130O17P2/c1-8-9-10-11-12-13-14-15-16-17-18-23-29-38-45-52-68(73)85-65(57-80-67(72)51-44-37-32-31-35-42-49-62(6)7)59-84-88(77,78)82-55-63(70)54-81-87(75,76)83-58-64(86-69(74)53-46-39-30-25-24-27-34-41-48-61(4)5)56-79-66(71)50-43-36-28-22-20-19-21-26-33-40-47-60(2)3/h13-16,60-65,70H,8-12,17-59H2,1-7H3,(H,75,76)(H,77,78)/b14-13-,16-15-/t63-,64-,65-/m1/s1. The van der Waals surface area contributed by atoms with Gasteiger partial charge in [0.15, 0.2) is 12.2 Å². The summed E-state index contributed by atoms with van der Waals surface area (Å²) >= 11 is 0. The third kappa shape index (κ3) is 62.4. The van der Waals surface area contributed by atoms with Crippen LogP contribution in [0.25, 0.3) is 0 Å². The van der Waals surface area contributed by atoms with Gasteiger partial charge in [0, 0.05) is 25.7 Å². The van der Waals surface area contributed by atoms with E-state index in [2.05, 4.69) is 72.8 Å². The molecule has 0 aromatic rings. The maximum absolute atomic E-state index is 13.0. The molecule has 19 heteroatoms. The minimum Gasteiger partial charge on any atom is -0.462 e. The summed E-state index contributed by atoms with van der Waals surface area (Å²) in [6, 6.07) is 0. The van der Waals surface area contributed by atoms with Crippen molar-refractivity contribution in [2.75, 3.05) is 39.6 Å². The van der Waals surface area contributed by atoms with Crippen molar-refractivity contribution < 1.29 is 80.2 Å². The molecule has 0 aliphatic heterocycles. The number of hydrogen-bond donors (Lipinski definition) is 3. The van der Waals surface area contributed by atoms with Crippen molar-refractivity contribution in [3.05, 3.63) is 24.3 Å². The number of allylic oxidation sites excluding steroid dienone is 4. The van der Waals surface area contributed by atoms with Crippen LogP contribution in [0.5, 0.6) is 0 Å². The van der Waals surface area contributed by atoms with Crippen molar-refractivity contribution >= 4 is 39.5 Å². The van der Waals surface area contributed by atoms with E-state index in [1.165, 1.54) is 109 Å². The SMILES string of the molecule is CCCCCC/C=C\C=C/CCCCCCCC(=O)O[C@H](COC(=O)CCCCCCCCC(C)C)COP(=O)(O)OC[C@H](O)COP(=O)(O)OC[C@@H](COC(=O)CCCCCCCCCCCCC(C)C)OC(=O)CCCCCCCCCCC(C)C. The van der Waals surface area contributed by atoms with E-state index in [1.807, 2.05) is 0 Å². The molecule has 0 aromatic heterocycles. The van der Waals surface area contributed by atoms with E-state index < -0.39 is 97.5 Å². The molecule has 88 heavy (non-hydrogen) atoms. The highest BCUT2D eigenvalue weighted by Gasteiger charge is 2.30. The average Bonchev–Trinajstić information content (AvgIpc) is 3.33. The largest absolute Gasteiger partial charge is 0.472 e. The number of phosphoric ester groups is 2. The Morgan fingerprint density at radius 1 is 0.352 bits per heavy atom. The van der Waals surface area contributed by atoms with E-state index in [4.69, 9.17) is 37.0 Å². The molecule has 2 unspecified atom stereocenters. The highest BCUT2D eigenvalue weighted by atomic mass is 31.2. The molecular formula is C69H130O17P2. The highest BCUT2D eigenvalue weighted by Crippen LogP contribution is 2.45. The van der Waals surface area contributed by atoms with Crippen LogP contribution < -0.4 is 0 Å². The van der Waals surface area contributed by atoms with E-state index in [9.17, 15) is 43.2 Å². The van der Waals surface area contributed by atoms with Crippen LogP contribution in [0.2, 0.25) is 0 Å². The smallest absolute Gasteiger partial charge is 0.462 e. The Morgan fingerprint density at radius 2 is 0.614 bits per heavy atom. The van der Waals surface area contributed by atoms with Gasteiger partial charge in [0.25, 0.3) is 0 Å². The molecule has 0 saturated carbocycles. The molecule has 5 atom stereocenters. The molecule has 0 rings (SSSR count). The second-order valence-corrected chi connectivity index (χ2v) is 28.6. The van der Waals surface area contributed by atoms with Gasteiger partial charge in [0.1, 0.15) is 19.3 Å². The molecule has 0 aromatic carbocycles. The molecule has 0 bridgehead atoms. The van der Waals surface area contributed by atoms with Gasteiger partial charge in [0.05, 0.1) is 26.4 Å². The molecular weight excluding hydrogens is 1160 g/mol. The Morgan fingerprint density at radius 3 is 0.920 bits per heavy atom. The number of esters is 4. The number of phosphoric acid groups is 2. The lowest BCUT2D eigenvalue weighted by atomic mass is 10.0. The highest BCUT2D eigenvalue weighted by molar-refractivity contribution is 7.47. The van der Waals surface area contributed by atoms with Gasteiger partial charge in [-0.25, -0.2) is 9.13 Å². The van der Waals surface area contributed by atoms with Crippen molar-refractivity contribution in [2.45, 2.75) is 336 Å². The molecule has 3 N–H and O–H groups in total. The van der Waals surface area contributed by atoms with Gasteiger partial charge in [-0.05, 0) is 69.1 Å². The van der Waals surface area contributed by atoms with Gasteiger partial charge in [-0.3, -0.25) is 37.3 Å². The number of hydrogen-bond acceptors (Lipinski definition) is 15. The quantitative estimate of drug-likeness (QED) is 0.0169. The van der Waals surface area contributed by atoms with Crippen LogP contribution in [0.4, 0.5) is 0 Å². The van der Waals surface area contributed by atoms with E-state index in [0.717, 1.165) is 115 Å². The zero-order chi connectivity index (χ0) is 65.2. The second-order valence-electron chi connectivity index (χ2n) is 25.7. The Kier molecular flexibility index (Phi) is 57.9. The third-order valence-corrected chi connectivity index (χ3v) is 17.2. The first kappa shape index (κ1) is 85.5. The van der Waals surface area contributed by atoms with Gasteiger partial charge in [-0.2, -0.15) is 0 Å². The first-order valence-electron chi connectivity index (χ1n) is 35.2. The summed E-state index contributed by atoms with van der Waals surface area (Å²) < 4.78 is 68.1. The average molecular weight is 1290 g/mol. The Labute approximate surface area is 535 Å². The molecule has 0 saturated heterocycles. The number of ether oxygens (including phenoxy) is 4. The fourth-order valence-electron chi connectivity index (χ4n) is 9.82. The number of aliphatic hydroxyl groups is 1. The monoisotopic (exact) mass is 1290 g/mol. The third-order valence-electron chi connectivity index (χ3n) is 15.3. The summed E-state index contributed by atoms with van der Waals surface area (Å²) in [6.07, 6.45) is 45.5. The van der Waals surface area contributed by atoms with Gasteiger partial charge >= 0.3 is 39.5 Å². The molecule has 0 spiro atoms. The van der Waals surface area contributed by atoms with Crippen molar-refractivity contribution in [2.24, 2.45) is 17.8 Å². The van der Waals surface area contributed by atoms with Gasteiger partial charge in [-0.1, -0.05) is 265 Å². The summed E-state index contributed by atoms with van der Waals surface area (Å²) in [7, 11) is -9.91. The summed E-state index contributed by atoms with van der Waals surface area (Å²) in [5, 5.41) is 10.6. The van der Waals surface area contributed by atoms with Crippen LogP contribution in [0.1, 0.15) is 318 Å². The molecule has 0 heterocycles. The van der Waals surface area contributed by atoms with E-state index >= 15 is 0 Å². The summed E-state index contributed by atoms with van der Waals surface area (Å²) in [5.41, 5.74) is 0. The van der Waals surface area contributed by atoms with Crippen molar-refractivity contribution in [1.29, 1.82) is 0 Å². The van der Waals surface area contributed by atoms with Crippen LogP contribution in [0.3, 0.4) is 0 Å². The molecule has 17 nitrogen and oxygen atoms in total. The topological polar surface area (TPSA) is 237 Å². The number of unbranched alkanes of at least 4 members (excludes halogenated alkanes) is 30. The van der Waals surface area contributed by atoms with E-state index in [-0.39, 0.29) is 25.7 Å². The Balaban J connectivity index is 5.27. The molecule has 0 aliphatic rings. The Hall–Kier alpha value is -2.46. The molecule has 0 aliphatic carbocycles. The molecule has 0 fully saturated rings. The van der Waals surface area contributed by atoms with E-state index in [1.54, 1.807) is 0 Å². The zero-order valence-corrected chi connectivity index (χ0v) is 58.5.